The van der Waals surface area contributed by atoms with Gasteiger partial charge in [-0.15, -0.1) is 0 Å². The Labute approximate surface area is 163 Å². The second-order valence-electron chi connectivity index (χ2n) is 5.74. The highest BCUT2D eigenvalue weighted by Gasteiger charge is 2.17. The molecule has 1 amide bonds. The van der Waals surface area contributed by atoms with Crippen LogP contribution in [0.15, 0.2) is 55.1 Å². The number of nitrogens with one attached hydrogen (secondary N) is 2. The van der Waals surface area contributed by atoms with Crippen molar-refractivity contribution in [3.63, 3.8) is 0 Å². The number of aromatic nitrogens is 5. The summed E-state index contributed by atoms with van der Waals surface area (Å²) in [5, 5.41) is 14.4. The highest BCUT2D eigenvalue weighted by Crippen LogP contribution is 2.24. The van der Waals surface area contributed by atoms with Crippen LogP contribution in [-0.4, -0.2) is 43.4 Å². The van der Waals surface area contributed by atoms with Gasteiger partial charge in [0.15, 0.2) is 12.3 Å². The van der Waals surface area contributed by atoms with Gasteiger partial charge in [0, 0.05) is 10.4 Å². The van der Waals surface area contributed by atoms with Gasteiger partial charge in [0.05, 0.1) is 16.9 Å². The summed E-state index contributed by atoms with van der Waals surface area (Å²) in [6.07, 6.45) is 2.86. The topological polar surface area (TPSA) is 115 Å². The molecule has 140 valence electrons. The van der Waals surface area contributed by atoms with Crippen molar-refractivity contribution < 1.29 is 14.3 Å². The monoisotopic (exact) mass is 396 g/mol. The number of fused-ring (bicyclic) bond motifs is 1. The van der Waals surface area contributed by atoms with E-state index in [1.165, 1.54) is 17.3 Å². The van der Waals surface area contributed by atoms with Crippen molar-refractivity contribution >= 4 is 40.1 Å². The zero-order valence-electron chi connectivity index (χ0n) is 14.3. The van der Waals surface area contributed by atoms with Crippen molar-refractivity contribution in [1.29, 1.82) is 0 Å². The smallest absolute Gasteiger partial charge is 0.359 e. The summed E-state index contributed by atoms with van der Waals surface area (Å²) in [6.45, 7) is -0.483. The maximum atomic E-state index is 12.3. The molecule has 0 aliphatic carbocycles. The number of ether oxygens (including phenoxy) is 1. The van der Waals surface area contributed by atoms with E-state index in [1.807, 2.05) is 6.07 Å². The number of halogens is 1. The molecule has 10 heteroatoms. The number of aromatic amines is 1. The van der Waals surface area contributed by atoms with Crippen LogP contribution in [0.25, 0.3) is 16.6 Å². The standard InChI is InChI=1S/C18H13ClN6O3/c19-11-5-6-15(25-10-20-9-21-25)14(7-11)22-16(26)8-28-18(27)17-12-3-1-2-4-13(12)23-24-17/h1-7,9-10H,8H2,(H,22,26)(H,23,24). The Balaban J connectivity index is 1.45. The average molecular weight is 397 g/mol. The van der Waals surface area contributed by atoms with Gasteiger partial charge in [-0.1, -0.05) is 29.8 Å². The highest BCUT2D eigenvalue weighted by molar-refractivity contribution is 6.31. The predicted molar refractivity (Wildman–Crippen MR) is 101 cm³/mol. The molecule has 0 aliphatic heterocycles. The van der Waals surface area contributed by atoms with Crippen LogP contribution in [0.2, 0.25) is 5.02 Å². The number of para-hydroxylation sites is 1. The van der Waals surface area contributed by atoms with Gasteiger partial charge in [0.1, 0.15) is 12.7 Å². The molecule has 4 rings (SSSR count). The molecule has 28 heavy (non-hydrogen) atoms. The Kier molecular flexibility index (Phi) is 4.73. The summed E-state index contributed by atoms with van der Waals surface area (Å²) in [6, 6.07) is 12.1. The van der Waals surface area contributed by atoms with Crippen molar-refractivity contribution in [2.24, 2.45) is 0 Å². The molecular weight excluding hydrogens is 384 g/mol. The Morgan fingerprint density at radius 1 is 1.21 bits per heavy atom. The molecule has 2 heterocycles. The second kappa shape index (κ2) is 7.49. The SMILES string of the molecule is O=C(COC(=O)c1n[nH]c2ccccc12)Nc1cc(Cl)ccc1-n1cncn1. The third-order valence-corrected chi connectivity index (χ3v) is 4.13. The molecule has 0 fully saturated rings. The third kappa shape index (κ3) is 3.55. The van der Waals surface area contributed by atoms with Gasteiger partial charge in [-0.3, -0.25) is 9.89 Å². The first-order valence-electron chi connectivity index (χ1n) is 8.16. The first kappa shape index (κ1) is 17.7. The van der Waals surface area contributed by atoms with Crippen molar-refractivity contribution in [1.82, 2.24) is 25.0 Å². The van der Waals surface area contributed by atoms with Crippen molar-refractivity contribution in [3.8, 4) is 5.69 Å². The molecule has 0 saturated heterocycles. The fraction of sp³-hybridized carbons (Fsp3) is 0.0556. The number of H-pyrrole nitrogens is 1. The lowest BCUT2D eigenvalue weighted by atomic mass is 10.2. The Morgan fingerprint density at radius 3 is 2.89 bits per heavy atom. The van der Waals surface area contributed by atoms with E-state index in [0.29, 0.717) is 27.3 Å². The first-order valence-corrected chi connectivity index (χ1v) is 8.54. The van der Waals surface area contributed by atoms with Gasteiger partial charge in [0.2, 0.25) is 0 Å². The minimum Gasteiger partial charge on any atom is -0.451 e. The van der Waals surface area contributed by atoms with E-state index in [4.69, 9.17) is 16.3 Å². The summed E-state index contributed by atoms with van der Waals surface area (Å²) in [5.41, 5.74) is 1.80. The zero-order chi connectivity index (χ0) is 19.5. The number of hydrogen-bond acceptors (Lipinski definition) is 6. The Morgan fingerprint density at radius 2 is 2.07 bits per heavy atom. The number of hydrogen-bond donors (Lipinski definition) is 2. The van der Waals surface area contributed by atoms with Gasteiger partial charge in [-0.25, -0.2) is 14.5 Å². The van der Waals surface area contributed by atoms with Crippen molar-refractivity contribution in [3.05, 3.63) is 65.8 Å². The number of carbonyl (C=O) groups excluding carboxylic acids is 2. The normalized spacial score (nSPS) is 10.8. The van der Waals surface area contributed by atoms with Crippen LogP contribution < -0.4 is 5.32 Å². The molecule has 0 unspecified atom stereocenters. The number of anilines is 1. The second-order valence-corrected chi connectivity index (χ2v) is 6.18. The molecule has 2 aromatic carbocycles. The lowest BCUT2D eigenvalue weighted by Crippen LogP contribution is -2.22. The van der Waals surface area contributed by atoms with Crippen molar-refractivity contribution in [2.45, 2.75) is 0 Å². The van der Waals surface area contributed by atoms with E-state index in [0.717, 1.165) is 0 Å². The summed E-state index contributed by atoms with van der Waals surface area (Å²) in [4.78, 5) is 28.4. The maximum absolute atomic E-state index is 12.3. The molecule has 0 saturated carbocycles. The first-order chi connectivity index (χ1) is 13.6. The van der Waals surface area contributed by atoms with Crippen LogP contribution in [0.5, 0.6) is 0 Å². The van der Waals surface area contributed by atoms with Gasteiger partial charge in [0.25, 0.3) is 5.91 Å². The van der Waals surface area contributed by atoms with E-state index in [9.17, 15) is 9.59 Å². The van der Waals surface area contributed by atoms with Gasteiger partial charge in [-0.05, 0) is 24.3 Å². The summed E-state index contributed by atoms with van der Waals surface area (Å²) in [5.74, 6) is -1.23. The summed E-state index contributed by atoms with van der Waals surface area (Å²) >= 11 is 6.02. The number of esters is 1. The van der Waals surface area contributed by atoms with E-state index in [-0.39, 0.29) is 5.69 Å². The third-order valence-electron chi connectivity index (χ3n) is 3.90. The van der Waals surface area contributed by atoms with Gasteiger partial charge in [-0.2, -0.15) is 10.2 Å². The van der Waals surface area contributed by atoms with Gasteiger partial charge < -0.3 is 10.1 Å². The number of carbonyl (C=O) groups is 2. The predicted octanol–water partition coefficient (Wildman–Crippen LogP) is 2.59. The fourth-order valence-corrected chi connectivity index (χ4v) is 2.82. The molecule has 9 nitrogen and oxygen atoms in total. The number of benzene rings is 2. The molecule has 4 aromatic rings. The molecule has 0 radical (unpaired) electrons. The largest absolute Gasteiger partial charge is 0.451 e. The number of nitrogens with zero attached hydrogens (tertiary/aromatic N) is 4. The molecule has 0 spiro atoms. The zero-order valence-corrected chi connectivity index (χ0v) is 15.1. The van der Waals surface area contributed by atoms with Gasteiger partial charge >= 0.3 is 5.97 Å². The minimum atomic E-state index is -0.699. The Bertz CT molecular complexity index is 1160. The summed E-state index contributed by atoms with van der Waals surface area (Å²) < 4.78 is 6.57. The van der Waals surface area contributed by atoms with Crippen LogP contribution in [0, 0.1) is 0 Å². The van der Waals surface area contributed by atoms with Crippen LogP contribution >= 0.6 is 11.6 Å². The fourth-order valence-electron chi connectivity index (χ4n) is 2.65. The van der Waals surface area contributed by atoms with Crippen LogP contribution in [-0.2, 0) is 9.53 Å². The van der Waals surface area contributed by atoms with E-state index in [1.54, 1.807) is 36.4 Å². The molecule has 0 atom stereocenters. The molecular formula is C18H13ClN6O3. The number of amides is 1. The average Bonchev–Trinajstić information content (AvgIpc) is 3.36. The molecule has 0 bridgehead atoms. The quantitative estimate of drug-likeness (QED) is 0.501. The van der Waals surface area contributed by atoms with Crippen molar-refractivity contribution in [2.75, 3.05) is 11.9 Å². The van der Waals surface area contributed by atoms with E-state index >= 15 is 0 Å². The number of rotatable bonds is 5. The van der Waals surface area contributed by atoms with E-state index < -0.39 is 18.5 Å². The molecule has 2 N–H and O–H groups in total. The lowest BCUT2D eigenvalue weighted by Gasteiger charge is -2.11. The van der Waals surface area contributed by atoms with Crippen LogP contribution in [0.3, 0.4) is 0 Å². The van der Waals surface area contributed by atoms with E-state index in [2.05, 4.69) is 25.6 Å². The Hall–Kier alpha value is -3.72. The minimum absolute atomic E-state index is 0.120. The lowest BCUT2D eigenvalue weighted by molar-refractivity contribution is -0.119. The molecule has 2 aromatic heterocycles. The molecule has 0 aliphatic rings. The van der Waals surface area contributed by atoms with Crippen LogP contribution in [0.1, 0.15) is 10.5 Å². The summed E-state index contributed by atoms with van der Waals surface area (Å²) in [7, 11) is 0. The highest BCUT2D eigenvalue weighted by atomic mass is 35.5. The van der Waals surface area contributed by atoms with Crippen LogP contribution in [0.4, 0.5) is 5.69 Å². The maximum Gasteiger partial charge on any atom is 0.359 e.